The fourth-order valence-electron chi connectivity index (χ4n) is 3.13. The summed E-state index contributed by atoms with van der Waals surface area (Å²) >= 11 is 0. The van der Waals surface area contributed by atoms with E-state index in [9.17, 15) is 4.79 Å². The largest absolute Gasteiger partial charge is 0.487 e. The zero-order valence-corrected chi connectivity index (χ0v) is 15.4. The van der Waals surface area contributed by atoms with Crippen molar-refractivity contribution >= 4 is 5.91 Å². The first-order valence-corrected chi connectivity index (χ1v) is 9.22. The third-order valence-corrected chi connectivity index (χ3v) is 4.90. The van der Waals surface area contributed by atoms with Gasteiger partial charge in [0.15, 0.2) is 0 Å². The zero-order valence-electron chi connectivity index (χ0n) is 15.4. The number of nitrogens with one attached hydrogen (secondary N) is 2. The summed E-state index contributed by atoms with van der Waals surface area (Å²) in [6.45, 7) is 2.42. The van der Waals surface area contributed by atoms with E-state index in [2.05, 4.69) is 46.7 Å². The number of aromatic nitrogens is 2. The van der Waals surface area contributed by atoms with Gasteiger partial charge in [-0.3, -0.25) is 9.89 Å². The van der Waals surface area contributed by atoms with E-state index in [0.717, 1.165) is 30.7 Å². The monoisotopic (exact) mass is 361 g/mol. The summed E-state index contributed by atoms with van der Waals surface area (Å²) in [6.07, 6.45) is 2.86. The van der Waals surface area contributed by atoms with Crippen LogP contribution in [-0.2, 0) is 13.0 Å². The van der Waals surface area contributed by atoms with E-state index >= 15 is 0 Å². The lowest BCUT2D eigenvalue weighted by Gasteiger charge is -2.17. The van der Waals surface area contributed by atoms with Crippen molar-refractivity contribution in [2.24, 2.45) is 0 Å². The number of rotatable bonds is 7. The highest BCUT2D eigenvalue weighted by Gasteiger charge is 2.44. The second kappa shape index (κ2) is 7.27. The van der Waals surface area contributed by atoms with Crippen LogP contribution in [0.2, 0.25) is 0 Å². The molecule has 1 aromatic heterocycles. The van der Waals surface area contributed by atoms with Gasteiger partial charge < -0.3 is 10.1 Å². The SMILES string of the molecule is Cc1ccc(CC2(NC(=O)c3cc(COc4ccccc4)[nH]n3)CC2)cc1. The zero-order chi connectivity index (χ0) is 18.7. The van der Waals surface area contributed by atoms with Crippen LogP contribution < -0.4 is 10.1 Å². The lowest BCUT2D eigenvalue weighted by molar-refractivity contribution is 0.0926. The number of aromatic amines is 1. The first kappa shape index (κ1) is 17.3. The standard InChI is InChI=1S/C22H23N3O2/c1-16-7-9-17(10-8-16)14-22(11-12-22)23-21(26)20-13-18(24-25-20)15-27-19-5-3-2-4-6-19/h2-10,13H,11-12,14-15H2,1H3,(H,23,26)(H,24,25). The molecule has 1 heterocycles. The van der Waals surface area contributed by atoms with Crippen molar-refractivity contribution in [3.63, 3.8) is 0 Å². The molecule has 0 radical (unpaired) electrons. The molecule has 3 aromatic rings. The van der Waals surface area contributed by atoms with Crippen molar-refractivity contribution in [1.82, 2.24) is 15.5 Å². The number of aryl methyl sites for hydroxylation is 1. The first-order chi connectivity index (χ1) is 13.1. The van der Waals surface area contributed by atoms with Gasteiger partial charge in [0.2, 0.25) is 0 Å². The second-order valence-corrected chi connectivity index (χ2v) is 7.28. The Hall–Kier alpha value is -3.08. The van der Waals surface area contributed by atoms with Crippen molar-refractivity contribution in [2.75, 3.05) is 0 Å². The van der Waals surface area contributed by atoms with Gasteiger partial charge >= 0.3 is 0 Å². The number of hydrogen-bond acceptors (Lipinski definition) is 3. The molecule has 0 saturated heterocycles. The quantitative estimate of drug-likeness (QED) is 0.673. The van der Waals surface area contributed by atoms with Crippen LogP contribution in [-0.4, -0.2) is 21.6 Å². The van der Waals surface area contributed by atoms with Gasteiger partial charge in [0, 0.05) is 5.54 Å². The van der Waals surface area contributed by atoms with Crippen LogP contribution in [0.25, 0.3) is 0 Å². The average molecular weight is 361 g/mol. The molecule has 4 rings (SSSR count). The molecule has 0 spiro atoms. The summed E-state index contributed by atoms with van der Waals surface area (Å²) in [5.74, 6) is 0.648. The van der Waals surface area contributed by atoms with Crippen molar-refractivity contribution in [3.05, 3.63) is 83.2 Å². The Labute approximate surface area is 158 Å². The third-order valence-electron chi connectivity index (χ3n) is 4.90. The Morgan fingerprint density at radius 3 is 2.59 bits per heavy atom. The molecule has 27 heavy (non-hydrogen) atoms. The van der Waals surface area contributed by atoms with E-state index in [1.165, 1.54) is 11.1 Å². The molecule has 1 aliphatic rings. The van der Waals surface area contributed by atoms with Crippen molar-refractivity contribution in [1.29, 1.82) is 0 Å². The number of carbonyl (C=O) groups is 1. The number of ether oxygens (including phenoxy) is 1. The van der Waals surface area contributed by atoms with Gasteiger partial charge in [-0.05, 0) is 49.9 Å². The van der Waals surface area contributed by atoms with E-state index in [1.807, 2.05) is 30.3 Å². The maximum Gasteiger partial charge on any atom is 0.272 e. The Kier molecular flexibility index (Phi) is 4.67. The van der Waals surface area contributed by atoms with Crippen LogP contribution in [0.15, 0.2) is 60.7 Å². The molecular weight excluding hydrogens is 338 g/mol. The normalized spacial score (nSPS) is 14.6. The van der Waals surface area contributed by atoms with Crippen molar-refractivity contribution < 1.29 is 9.53 Å². The molecule has 2 N–H and O–H groups in total. The number of nitrogens with zero attached hydrogens (tertiary/aromatic N) is 1. The van der Waals surface area contributed by atoms with Gasteiger partial charge in [-0.2, -0.15) is 5.10 Å². The number of para-hydroxylation sites is 1. The highest BCUT2D eigenvalue weighted by molar-refractivity contribution is 5.93. The number of carbonyl (C=O) groups excluding carboxylic acids is 1. The molecule has 1 aliphatic carbocycles. The van der Waals surface area contributed by atoms with Gasteiger partial charge in [-0.1, -0.05) is 48.0 Å². The fourth-order valence-corrected chi connectivity index (χ4v) is 3.13. The highest BCUT2D eigenvalue weighted by Crippen LogP contribution is 2.38. The molecule has 2 aromatic carbocycles. The summed E-state index contributed by atoms with van der Waals surface area (Å²) in [5, 5.41) is 10.2. The Bertz CT molecular complexity index is 912. The first-order valence-electron chi connectivity index (χ1n) is 9.22. The minimum absolute atomic E-state index is 0.133. The smallest absolute Gasteiger partial charge is 0.272 e. The van der Waals surface area contributed by atoms with E-state index < -0.39 is 0 Å². The van der Waals surface area contributed by atoms with E-state index in [-0.39, 0.29) is 11.4 Å². The predicted molar refractivity (Wildman–Crippen MR) is 104 cm³/mol. The second-order valence-electron chi connectivity index (χ2n) is 7.28. The van der Waals surface area contributed by atoms with Gasteiger partial charge in [0.05, 0.1) is 5.69 Å². The third kappa shape index (κ3) is 4.37. The van der Waals surface area contributed by atoms with Crippen LogP contribution in [0.5, 0.6) is 5.75 Å². The highest BCUT2D eigenvalue weighted by atomic mass is 16.5. The molecule has 0 atom stereocenters. The molecule has 1 fully saturated rings. The van der Waals surface area contributed by atoms with Crippen molar-refractivity contribution in [2.45, 2.75) is 38.3 Å². The Balaban J connectivity index is 1.34. The summed E-state index contributed by atoms with van der Waals surface area (Å²) in [7, 11) is 0. The van der Waals surface area contributed by atoms with Gasteiger partial charge in [-0.25, -0.2) is 0 Å². The van der Waals surface area contributed by atoms with Crippen molar-refractivity contribution in [3.8, 4) is 5.75 Å². The Morgan fingerprint density at radius 1 is 1.15 bits per heavy atom. The molecule has 1 amide bonds. The maximum absolute atomic E-state index is 12.6. The molecule has 5 heteroatoms. The molecule has 5 nitrogen and oxygen atoms in total. The molecule has 0 unspecified atom stereocenters. The Morgan fingerprint density at radius 2 is 1.89 bits per heavy atom. The number of amides is 1. The van der Waals surface area contributed by atoms with Gasteiger partial charge in [0.1, 0.15) is 18.1 Å². The van der Waals surface area contributed by atoms with Crippen LogP contribution in [0.3, 0.4) is 0 Å². The van der Waals surface area contributed by atoms with E-state index in [0.29, 0.717) is 12.3 Å². The maximum atomic E-state index is 12.6. The molecule has 138 valence electrons. The summed E-state index contributed by atoms with van der Waals surface area (Å²) in [5.41, 5.74) is 3.53. The molecule has 0 bridgehead atoms. The molecule has 0 aliphatic heterocycles. The van der Waals surface area contributed by atoms with E-state index in [4.69, 9.17) is 4.74 Å². The van der Waals surface area contributed by atoms with Crippen LogP contribution in [0.4, 0.5) is 0 Å². The summed E-state index contributed by atoms with van der Waals surface area (Å²) in [4.78, 5) is 12.6. The van der Waals surface area contributed by atoms with Gasteiger partial charge in [-0.15, -0.1) is 0 Å². The average Bonchev–Trinajstić information content (AvgIpc) is 3.25. The molecule has 1 saturated carbocycles. The fraction of sp³-hybridized carbons (Fsp3) is 0.273. The number of H-pyrrole nitrogens is 1. The van der Waals surface area contributed by atoms with Gasteiger partial charge in [0.25, 0.3) is 5.91 Å². The summed E-state index contributed by atoms with van der Waals surface area (Å²) in [6, 6.07) is 19.8. The van der Waals surface area contributed by atoms with Crippen LogP contribution >= 0.6 is 0 Å². The van der Waals surface area contributed by atoms with Crippen LogP contribution in [0, 0.1) is 6.92 Å². The van der Waals surface area contributed by atoms with Crippen LogP contribution in [0.1, 0.15) is 40.2 Å². The lowest BCUT2D eigenvalue weighted by Crippen LogP contribution is -2.38. The molecular formula is C22H23N3O2. The summed E-state index contributed by atoms with van der Waals surface area (Å²) < 4.78 is 5.68. The topological polar surface area (TPSA) is 67.0 Å². The van der Waals surface area contributed by atoms with E-state index in [1.54, 1.807) is 6.07 Å². The minimum Gasteiger partial charge on any atom is -0.487 e. The predicted octanol–water partition coefficient (Wildman–Crippen LogP) is 3.80. The minimum atomic E-state index is -0.137. The number of hydrogen-bond donors (Lipinski definition) is 2. The lowest BCUT2D eigenvalue weighted by atomic mass is 10.0. The number of benzene rings is 2.